The van der Waals surface area contributed by atoms with Crippen molar-refractivity contribution >= 4 is 5.78 Å². The molecule has 5 nitrogen and oxygen atoms in total. The largest absolute Gasteiger partial charge is 0.508 e. The second kappa shape index (κ2) is 5.01. The number of aromatic hydroxyl groups is 2. The first-order valence-corrected chi connectivity index (χ1v) is 6.47. The maximum Gasteiger partial charge on any atom is 0.177 e. The van der Waals surface area contributed by atoms with Crippen LogP contribution in [0.25, 0.3) is 0 Å². The zero-order valence-electron chi connectivity index (χ0n) is 11.4. The quantitative estimate of drug-likeness (QED) is 0.887. The zero-order valence-corrected chi connectivity index (χ0v) is 11.4. The minimum atomic E-state index is -0.462. The van der Waals surface area contributed by atoms with Crippen LogP contribution in [0.15, 0.2) is 36.4 Å². The standard InChI is InChI=1S/C16H14O5/c1-20-15-6-9(2-5-13(15)18)12-8-21-14-7-10(17)3-4-11(14)16(12)19/h2-7,12,17-18H,8H2,1H3. The Morgan fingerprint density at radius 3 is 2.76 bits per heavy atom. The van der Waals surface area contributed by atoms with E-state index in [1.807, 2.05) is 0 Å². The molecule has 1 unspecified atom stereocenters. The lowest BCUT2D eigenvalue weighted by atomic mass is 9.89. The number of hydrogen-bond acceptors (Lipinski definition) is 5. The summed E-state index contributed by atoms with van der Waals surface area (Å²) in [4.78, 5) is 12.5. The lowest BCUT2D eigenvalue weighted by Crippen LogP contribution is -2.25. The first-order chi connectivity index (χ1) is 10.1. The highest BCUT2D eigenvalue weighted by atomic mass is 16.5. The number of ether oxygens (including phenoxy) is 2. The van der Waals surface area contributed by atoms with Gasteiger partial charge in [0.05, 0.1) is 18.6 Å². The second-order valence-electron chi connectivity index (χ2n) is 4.84. The Bertz CT molecular complexity index is 708. The molecule has 2 aromatic carbocycles. The Hall–Kier alpha value is -2.69. The van der Waals surface area contributed by atoms with E-state index >= 15 is 0 Å². The van der Waals surface area contributed by atoms with Gasteiger partial charge in [-0.2, -0.15) is 0 Å². The van der Waals surface area contributed by atoms with E-state index in [0.717, 1.165) is 0 Å². The molecule has 0 fully saturated rings. The number of Topliss-reactive ketones (excluding diaryl/α,β-unsaturated/α-hetero) is 1. The normalized spacial score (nSPS) is 17.0. The van der Waals surface area contributed by atoms with E-state index in [1.165, 1.54) is 25.3 Å². The van der Waals surface area contributed by atoms with Gasteiger partial charge in [0.1, 0.15) is 18.1 Å². The van der Waals surface area contributed by atoms with E-state index in [9.17, 15) is 15.0 Å². The van der Waals surface area contributed by atoms with Crippen LogP contribution in [-0.2, 0) is 0 Å². The number of benzene rings is 2. The molecule has 0 spiro atoms. The Balaban J connectivity index is 1.98. The van der Waals surface area contributed by atoms with Crippen molar-refractivity contribution in [3.63, 3.8) is 0 Å². The molecule has 1 heterocycles. The molecule has 5 heteroatoms. The van der Waals surface area contributed by atoms with Gasteiger partial charge >= 0.3 is 0 Å². The van der Waals surface area contributed by atoms with Crippen LogP contribution < -0.4 is 9.47 Å². The molecule has 0 radical (unpaired) electrons. The van der Waals surface area contributed by atoms with Crippen LogP contribution in [0.5, 0.6) is 23.0 Å². The Labute approximate surface area is 121 Å². The van der Waals surface area contributed by atoms with Crippen LogP contribution >= 0.6 is 0 Å². The number of methoxy groups -OCH3 is 1. The summed E-state index contributed by atoms with van der Waals surface area (Å²) in [6, 6.07) is 9.24. The molecule has 0 saturated carbocycles. The van der Waals surface area contributed by atoms with Crippen molar-refractivity contribution in [3.8, 4) is 23.0 Å². The molecule has 0 amide bonds. The van der Waals surface area contributed by atoms with Crippen molar-refractivity contribution < 1.29 is 24.5 Å². The van der Waals surface area contributed by atoms with Crippen LogP contribution in [0.3, 0.4) is 0 Å². The van der Waals surface area contributed by atoms with E-state index in [2.05, 4.69) is 0 Å². The summed E-state index contributed by atoms with van der Waals surface area (Å²) >= 11 is 0. The number of rotatable bonds is 2. The fourth-order valence-corrected chi connectivity index (χ4v) is 2.43. The molecule has 1 aliphatic heterocycles. The maximum absolute atomic E-state index is 12.5. The minimum absolute atomic E-state index is 0.0238. The third kappa shape index (κ3) is 2.27. The summed E-state index contributed by atoms with van der Waals surface area (Å²) in [5, 5.41) is 19.0. The Morgan fingerprint density at radius 2 is 2.00 bits per heavy atom. The lowest BCUT2D eigenvalue weighted by Gasteiger charge is -2.24. The molecular weight excluding hydrogens is 272 g/mol. The minimum Gasteiger partial charge on any atom is -0.508 e. The third-order valence-corrected chi connectivity index (χ3v) is 3.56. The van der Waals surface area contributed by atoms with Gasteiger partial charge in [0, 0.05) is 6.07 Å². The van der Waals surface area contributed by atoms with Gasteiger partial charge in [0.15, 0.2) is 17.3 Å². The van der Waals surface area contributed by atoms with E-state index < -0.39 is 5.92 Å². The zero-order chi connectivity index (χ0) is 15.0. The van der Waals surface area contributed by atoms with Crippen LogP contribution in [0, 0.1) is 0 Å². The SMILES string of the molecule is COc1cc(C2COc3cc(O)ccc3C2=O)ccc1O. The molecule has 0 aromatic heterocycles. The molecular formula is C16H14O5. The average molecular weight is 286 g/mol. The highest BCUT2D eigenvalue weighted by molar-refractivity contribution is 6.04. The van der Waals surface area contributed by atoms with Crippen molar-refractivity contribution in [1.82, 2.24) is 0 Å². The van der Waals surface area contributed by atoms with Gasteiger partial charge in [-0.25, -0.2) is 0 Å². The molecule has 2 aromatic rings. The van der Waals surface area contributed by atoms with Gasteiger partial charge in [-0.3, -0.25) is 4.79 Å². The highest BCUT2D eigenvalue weighted by Gasteiger charge is 2.30. The summed E-state index contributed by atoms with van der Waals surface area (Å²) in [5.41, 5.74) is 1.16. The van der Waals surface area contributed by atoms with E-state index in [4.69, 9.17) is 9.47 Å². The number of phenolic OH excluding ortho intramolecular Hbond substituents is 2. The number of carbonyl (C=O) groups is 1. The first kappa shape index (κ1) is 13.3. The molecule has 1 atom stereocenters. The van der Waals surface area contributed by atoms with Gasteiger partial charge in [-0.05, 0) is 29.8 Å². The number of phenols is 2. The van der Waals surface area contributed by atoms with Crippen molar-refractivity contribution in [3.05, 3.63) is 47.5 Å². The van der Waals surface area contributed by atoms with Crippen molar-refractivity contribution in [2.24, 2.45) is 0 Å². The molecule has 0 saturated heterocycles. The van der Waals surface area contributed by atoms with Crippen LogP contribution in [0.2, 0.25) is 0 Å². The van der Waals surface area contributed by atoms with Crippen molar-refractivity contribution in [2.75, 3.05) is 13.7 Å². The van der Waals surface area contributed by atoms with Gasteiger partial charge in [0.2, 0.25) is 0 Å². The molecule has 0 aliphatic carbocycles. The van der Waals surface area contributed by atoms with Gasteiger partial charge in [0.25, 0.3) is 0 Å². The summed E-state index contributed by atoms with van der Waals surface area (Å²) in [6.07, 6.45) is 0. The fourth-order valence-electron chi connectivity index (χ4n) is 2.43. The lowest BCUT2D eigenvalue weighted by molar-refractivity contribution is 0.0896. The van der Waals surface area contributed by atoms with Gasteiger partial charge < -0.3 is 19.7 Å². The summed E-state index contributed by atoms with van der Waals surface area (Å²) in [5.74, 6) is 0.251. The first-order valence-electron chi connectivity index (χ1n) is 6.47. The summed E-state index contributed by atoms with van der Waals surface area (Å²) in [7, 11) is 1.45. The molecule has 2 N–H and O–H groups in total. The monoisotopic (exact) mass is 286 g/mol. The molecule has 108 valence electrons. The Morgan fingerprint density at radius 1 is 1.19 bits per heavy atom. The van der Waals surface area contributed by atoms with E-state index in [1.54, 1.807) is 18.2 Å². The number of fused-ring (bicyclic) bond motifs is 1. The summed E-state index contributed by atoms with van der Waals surface area (Å²) < 4.78 is 10.6. The van der Waals surface area contributed by atoms with Crippen LogP contribution in [-0.4, -0.2) is 29.7 Å². The van der Waals surface area contributed by atoms with Gasteiger partial charge in [-0.1, -0.05) is 6.07 Å². The topological polar surface area (TPSA) is 76.0 Å². The van der Waals surface area contributed by atoms with Crippen molar-refractivity contribution in [2.45, 2.75) is 5.92 Å². The Kier molecular flexibility index (Phi) is 3.17. The molecule has 3 rings (SSSR count). The number of hydrogen-bond donors (Lipinski definition) is 2. The summed E-state index contributed by atoms with van der Waals surface area (Å²) in [6.45, 7) is 0.184. The average Bonchev–Trinajstić information content (AvgIpc) is 2.48. The molecule has 0 bridgehead atoms. The van der Waals surface area contributed by atoms with Gasteiger partial charge in [-0.15, -0.1) is 0 Å². The fraction of sp³-hybridized carbons (Fsp3) is 0.188. The number of ketones is 1. The third-order valence-electron chi connectivity index (χ3n) is 3.56. The number of carbonyl (C=O) groups excluding carboxylic acids is 1. The molecule has 21 heavy (non-hydrogen) atoms. The second-order valence-corrected chi connectivity index (χ2v) is 4.84. The predicted molar refractivity (Wildman–Crippen MR) is 75.3 cm³/mol. The van der Waals surface area contributed by atoms with Crippen LogP contribution in [0.4, 0.5) is 0 Å². The van der Waals surface area contributed by atoms with E-state index in [0.29, 0.717) is 22.6 Å². The predicted octanol–water partition coefficient (Wildman–Crippen LogP) is 2.47. The van der Waals surface area contributed by atoms with Crippen molar-refractivity contribution in [1.29, 1.82) is 0 Å². The smallest absolute Gasteiger partial charge is 0.177 e. The highest BCUT2D eigenvalue weighted by Crippen LogP contribution is 2.37. The maximum atomic E-state index is 12.5. The van der Waals surface area contributed by atoms with Crippen LogP contribution in [0.1, 0.15) is 21.8 Å². The molecule has 1 aliphatic rings. The van der Waals surface area contributed by atoms with E-state index in [-0.39, 0.29) is 23.9 Å².